The summed E-state index contributed by atoms with van der Waals surface area (Å²) in [4.78, 5) is 4.27. The van der Waals surface area contributed by atoms with Gasteiger partial charge in [0.2, 0.25) is 3.79 Å². The summed E-state index contributed by atoms with van der Waals surface area (Å²) in [5.41, 5.74) is 2.89. The number of hydrogen-bond donors (Lipinski definition) is 0. The Hall–Kier alpha value is -0.240. The molecular formula is C10H10Cl3N. The van der Waals surface area contributed by atoms with Crippen LogP contribution < -0.4 is 0 Å². The SMILES string of the molecule is Cc1cc(C)nc(/C=C/C(Cl)(Cl)Cl)c1. The maximum atomic E-state index is 5.58. The highest BCUT2D eigenvalue weighted by Gasteiger charge is 2.13. The van der Waals surface area contributed by atoms with E-state index in [-0.39, 0.29) is 0 Å². The van der Waals surface area contributed by atoms with Gasteiger partial charge in [-0.05, 0) is 43.7 Å². The first kappa shape index (κ1) is 11.8. The number of halogens is 3. The molecule has 1 aromatic heterocycles. The number of allylic oxidation sites excluding steroid dienone is 1. The molecule has 76 valence electrons. The predicted molar refractivity (Wildman–Crippen MR) is 63.0 cm³/mol. The summed E-state index contributed by atoms with van der Waals surface area (Å²) >= 11 is 16.7. The van der Waals surface area contributed by atoms with Crippen molar-refractivity contribution < 1.29 is 0 Å². The fourth-order valence-electron chi connectivity index (χ4n) is 1.14. The molecule has 0 aliphatic carbocycles. The minimum absolute atomic E-state index is 0.800. The standard InChI is InChI=1S/C10H10Cl3N/c1-7-5-8(2)14-9(6-7)3-4-10(11,12)13/h3-6H,1-2H3/b4-3+. The van der Waals surface area contributed by atoms with Crippen LogP contribution in [-0.2, 0) is 0 Å². The number of hydrogen-bond acceptors (Lipinski definition) is 1. The van der Waals surface area contributed by atoms with Gasteiger partial charge in [-0.25, -0.2) is 0 Å². The molecule has 4 heteroatoms. The monoisotopic (exact) mass is 249 g/mol. The molecule has 0 unspecified atom stereocenters. The van der Waals surface area contributed by atoms with Crippen LogP contribution in [0.4, 0.5) is 0 Å². The lowest BCUT2D eigenvalue weighted by atomic mass is 10.2. The van der Waals surface area contributed by atoms with Gasteiger partial charge in [-0.15, -0.1) is 0 Å². The van der Waals surface area contributed by atoms with Crippen LogP contribution in [0.2, 0.25) is 0 Å². The third kappa shape index (κ3) is 4.32. The van der Waals surface area contributed by atoms with E-state index in [1.807, 2.05) is 26.0 Å². The van der Waals surface area contributed by atoms with E-state index in [1.165, 1.54) is 6.08 Å². The third-order valence-electron chi connectivity index (χ3n) is 1.56. The quantitative estimate of drug-likeness (QED) is 0.684. The van der Waals surface area contributed by atoms with E-state index in [4.69, 9.17) is 34.8 Å². The Bertz CT molecular complexity index is 333. The molecule has 0 radical (unpaired) electrons. The molecule has 0 amide bonds. The van der Waals surface area contributed by atoms with Crippen molar-refractivity contribution in [1.82, 2.24) is 4.98 Å². The Kier molecular flexibility index (Phi) is 3.82. The van der Waals surface area contributed by atoms with E-state index in [0.29, 0.717) is 0 Å². The highest BCUT2D eigenvalue weighted by molar-refractivity contribution is 6.69. The summed E-state index contributed by atoms with van der Waals surface area (Å²) in [6, 6.07) is 3.92. The molecule has 0 atom stereocenters. The van der Waals surface area contributed by atoms with Crippen LogP contribution in [0.5, 0.6) is 0 Å². The van der Waals surface area contributed by atoms with Gasteiger partial charge in [0.25, 0.3) is 0 Å². The van der Waals surface area contributed by atoms with Gasteiger partial charge in [0.1, 0.15) is 0 Å². The van der Waals surface area contributed by atoms with E-state index in [9.17, 15) is 0 Å². The van der Waals surface area contributed by atoms with Crippen LogP contribution in [0.25, 0.3) is 6.08 Å². The van der Waals surface area contributed by atoms with Crippen molar-refractivity contribution >= 4 is 40.9 Å². The predicted octanol–water partition coefficient (Wildman–Crippen LogP) is 4.08. The van der Waals surface area contributed by atoms with Gasteiger partial charge in [0.05, 0.1) is 5.69 Å². The second kappa shape index (κ2) is 4.52. The van der Waals surface area contributed by atoms with E-state index < -0.39 is 3.79 Å². The average Bonchev–Trinajstić information content (AvgIpc) is 1.97. The molecule has 0 N–H and O–H groups in total. The number of aromatic nitrogens is 1. The summed E-state index contributed by atoms with van der Waals surface area (Å²) in [6.45, 7) is 3.93. The second-order valence-electron chi connectivity index (χ2n) is 3.09. The Morgan fingerprint density at radius 3 is 2.36 bits per heavy atom. The van der Waals surface area contributed by atoms with Gasteiger partial charge >= 0.3 is 0 Å². The van der Waals surface area contributed by atoms with Crippen LogP contribution in [0.1, 0.15) is 17.0 Å². The third-order valence-corrected chi connectivity index (χ3v) is 1.94. The van der Waals surface area contributed by atoms with Crippen molar-refractivity contribution in [1.29, 1.82) is 0 Å². The zero-order chi connectivity index (χ0) is 10.8. The largest absolute Gasteiger partial charge is 0.254 e. The number of rotatable bonds is 1. The zero-order valence-corrected chi connectivity index (χ0v) is 10.2. The minimum Gasteiger partial charge on any atom is -0.254 e. The van der Waals surface area contributed by atoms with E-state index in [0.717, 1.165) is 17.0 Å². The molecule has 0 saturated heterocycles. The molecule has 0 aromatic carbocycles. The molecule has 0 aliphatic heterocycles. The number of aryl methyl sites for hydroxylation is 2. The zero-order valence-electron chi connectivity index (χ0n) is 7.89. The second-order valence-corrected chi connectivity index (χ2v) is 5.45. The van der Waals surface area contributed by atoms with Crippen LogP contribution in [0.3, 0.4) is 0 Å². The Balaban J connectivity index is 2.92. The van der Waals surface area contributed by atoms with Crippen molar-refractivity contribution in [3.63, 3.8) is 0 Å². The maximum Gasteiger partial charge on any atom is 0.209 e. The van der Waals surface area contributed by atoms with Crippen LogP contribution in [0, 0.1) is 13.8 Å². The smallest absolute Gasteiger partial charge is 0.209 e. The number of pyridine rings is 1. The van der Waals surface area contributed by atoms with Gasteiger partial charge < -0.3 is 0 Å². The first-order valence-electron chi connectivity index (χ1n) is 4.08. The van der Waals surface area contributed by atoms with Crippen LogP contribution >= 0.6 is 34.8 Å². The fraction of sp³-hybridized carbons (Fsp3) is 0.300. The van der Waals surface area contributed by atoms with Crippen LogP contribution in [0.15, 0.2) is 18.2 Å². The van der Waals surface area contributed by atoms with E-state index >= 15 is 0 Å². The molecular weight excluding hydrogens is 240 g/mol. The van der Waals surface area contributed by atoms with Crippen molar-refractivity contribution in [3.8, 4) is 0 Å². The first-order chi connectivity index (χ1) is 6.37. The molecule has 14 heavy (non-hydrogen) atoms. The summed E-state index contributed by atoms with van der Waals surface area (Å²) in [7, 11) is 0. The number of nitrogens with zero attached hydrogens (tertiary/aromatic N) is 1. The highest BCUT2D eigenvalue weighted by Crippen LogP contribution is 2.28. The molecule has 1 heterocycles. The summed E-state index contributed by atoms with van der Waals surface area (Å²) in [5.74, 6) is 0. The fourth-order valence-corrected chi connectivity index (χ4v) is 1.33. The van der Waals surface area contributed by atoms with Crippen molar-refractivity contribution in [3.05, 3.63) is 35.2 Å². The molecule has 0 bridgehead atoms. The normalized spacial score (nSPS) is 12.4. The summed E-state index contributed by atoms with van der Waals surface area (Å²) in [6.07, 6.45) is 3.19. The Morgan fingerprint density at radius 1 is 1.21 bits per heavy atom. The molecule has 0 aliphatic rings. The lowest BCUT2D eigenvalue weighted by Gasteiger charge is -2.03. The minimum atomic E-state index is -1.36. The maximum absolute atomic E-state index is 5.58. The average molecular weight is 251 g/mol. The first-order valence-corrected chi connectivity index (χ1v) is 5.21. The van der Waals surface area contributed by atoms with Gasteiger partial charge in [-0.2, -0.15) is 0 Å². The number of alkyl halides is 3. The van der Waals surface area contributed by atoms with Crippen molar-refractivity contribution in [2.24, 2.45) is 0 Å². The summed E-state index contributed by atoms with van der Waals surface area (Å²) < 4.78 is -1.36. The molecule has 1 aromatic rings. The van der Waals surface area contributed by atoms with Gasteiger partial charge in [-0.1, -0.05) is 34.8 Å². The van der Waals surface area contributed by atoms with Crippen molar-refractivity contribution in [2.45, 2.75) is 17.6 Å². The Labute approximate surface area is 98.7 Å². The molecule has 1 rings (SSSR count). The topological polar surface area (TPSA) is 12.9 Å². The van der Waals surface area contributed by atoms with E-state index in [2.05, 4.69) is 4.98 Å². The van der Waals surface area contributed by atoms with Crippen molar-refractivity contribution in [2.75, 3.05) is 0 Å². The summed E-state index contributed by atoms with van der Waals surface area (Å²) in [5, 5.41) is 0. The lowest BCUT2D eigenvalue weighted by Crippen LogP contribution is -1.95. The molecule has 0 fully saturated rings. The highest BCUT2D eigenvalue weighted by atomic mass is 35.6. The van der Waals surface area contributed by atoms with Gasteiger partial charge in [0.15, 0.2) is 0 Å². The Morgan fingerprint density at radius 2 is 1.86 bits per heavy atom. The molecule has 0 spiro atoms. The van der Waals surface area contributed by atoms with Gasteiger partial charge in [0, 0.05) is 5.69 Å². The van der Waals surface area contributed by atoms with Gasteiger partial charge in [-0.3, -0.25) is 4.98 Å². The lowest BCUT2D eigenvalue weighted by molar-refractivity contribution is 1.16. The molecule has 0 saturated carbocycles. The van der Waals surface area contributed by atoms with E-state index in [1.54, 1.807) is 6.08 Å². The molecule has 1 nitrogen and oxygen atoms in total. The van der Waals surface area contributed by atoms with Crippen LogP contribution in [-0.4, -0.2) is 8.78 Å².